The van der Waals surface area contributed by atoms with Crippen LogP contribution >= 0.6 is 15.8 Å². The molecule has 6 aromatic carbocycles. The van der Waals surface area contributed by atoms with E-state index < -0.39 is 15.8 Å². The largest absolute Gasteiger partial charge is 1.00 e. The summed E-state index contributed by atoms with van der Waals surface area (Å²) in [6, 6.07) is 64.7. The van der Waals surface area contributed by atoms with Crippen molar-refractivity contribution in [3.63, 3.8) is 0 Å². The normalized spacial score (nSPS) is 9.67. The molecule has 0 N–H and O–H groups in total. The third-order valence-corrected chi connectivity index (χ3v) is 11.0. The molecule has 213 valence electrons. The summed E-state index contributed by atoms with van der Waals surface area (Å²) in [5, 5.41) is 8.39. The summed E-state index contributed by atoms with van der Waals surface area (Å²) in [6.45, 7) is 2.00. The van der Waals surface area contributed by atoms with Gasteiger partial charge >= 0.3 is 0 Å². The fourth-order valence-electron chi connectivity index (χ4n) is 4.36. The molecule has 42 heavy (non-hydrogen) atoms. The number of benzene rings is 6. The van der Waals surface area contributed by atoms with Crippen LogP contribution < -0.4 is 44.2 Å². The maximum atomic E-state index is 8.00. The molecule has 0 fully saturated rings. The van der Waals surface area contributed by atoms with E-state index >= 15 is 0 Å². The van der Waals surface area contributed by atoms with Gasteiger partial charge < -0.3 is 17.2 Å². The second-order valence-electron chi connectivity index (χ2n) is 8.68. The van der Waals surface area contributed by atoms with E-state index in [-0.39, 0.29) is 32.5 Å². The van der Waals surface area contributed by atoms with E-state index in [0.717, 1.165) is 0 Å². The van der Waals surface area contributed by atoms with Gasteiger partial charge in [-0.3, -0.25) is 0 Å². The van der Waals surface area contributed by atoms with E-state index in [2.05, 4.69) is 182 Å². The molecule has 0 saturated carbocycles. The zero-order valence-electron chi connectivity index (χ0n) is 23.0. The van der Waals surface area contributed by atoms with Crippen molar-refractivity contribution in [2.45, 2.75) is 0 Å². The second kappa shape index (κ2) is 19.8. The van der Waals surface area contributed by atoms with E-state index in [0.29, 0.717) is 0 Å². The Morgan fingerprint density at radius 2 is 0.405 bits per heavy atom. The molecule has 0 spiro atoms. The Labute approximate surface area is 272 Å². The monoisotopic (exact) mass is 782 g/mol. The molecule has 0 unspecified atom stereocenters. The zero-order chi connectivity index (χ0) is 27.8. The summed E-state index contributed by atoms with van der Waals surface area (Å²) in [6.07, 6.45) is 0. The quantitative estimate of drug-likeness (QED) is 0.236. The smallest absolute Gasteiger partial charge is 0.106 e. The third-order valence-electron chi connectivity index (χ3n) is 6.09. The van der Waals surface area contributed by atoms with Gasteiger partial charge in [0.15, 0.2) is 0 Å². The van der Waals surface area contributed by atoms with E-state index in [1.165, 1.54) is 31.8 Å². The third kappa shape index (κ3) is 9.96. The molecule has 0 heterocycles. The maximum absolute atomic E-state index is 8.00. The van der Waals surface area contributed by atoms with Gasteiger partial charge in [-0.15, -0.1) is 0 Å². The molecule has 0 atom stereocenters. The first-order valence-corrected chi connectivity index (χ1v) is 15.8. The van der Waals surface area contributed by atoms with E-state index in [9.17, 15) is 0 Å². The molecular formula is C37H32ClIrOP2-. The minimum absolute atomic E-state index is 0. The summed E-state index contributed by atoms with van der Waals surface area (Å²) >= 11 is 0. The summed E-state index contributed by atoms with van der Waals surface area (Å²) in [4.78, 5) is 8.00. The molecule has 0 aliphatic carbocycles. The summed E-state index contributed by atoms with van der Waals surface area (Å²) in [7, 11) is -0.892. The van der Waals surface area contributed by atoms with Crippen LogP contribution in [0.25, 0.3) is 0 Å². The van der Waals surface area contributed by atoms with E-state index in [4.69, 9.17) is 4.79 Å². The Morgan fingerprint density at radius 3 is 0.524 bits per heavy atom. The summed E-state index contributed by atoms with van der Waals surface area (Å²) in [5.74, 6) is 0. The Hall–Kier alpha value is -3.21. The molecule has 0 saturated heterocycles. The number of halogens is 1. The van der Waals surface area contributed by atoms with Crippen molar-refractivity contribution in [2.24, 2.45) is 0 Å². The number of hydrogen-bond acceptors (Lipinski definition) is 1. The Bertz CT molecular complexity index is 1200. The van der Waals surface area contributed by atoms with Crippen LogP contribution in [0.4, 0.5) is 0 Å². The summed E-state index contributed by atoms with van der Waals surface area (Å²) < 4.78 is 0. The molecule has 0 aliphatic rings. The number of rotatable bonds is 6. The van der Waals surface area contributed by atoms with Gasteiger partial charge in [0.25, 0.3) is 0 Å². The average Bonchev–Trinajstić information content (AvgIpc) is 3.06. The van der Waals surface area contributed by atoms with Gasteiger partial charge in [0.1, 0.15) is 6.79 Å². The van der Waals surface area contributed by atoms with E-state index in [1.54, 1.807) is 0 Å². The fraction of sp³-hybridized carbons (Fsp3) is 0. The predicted molar refractivity (Wildman–Crippen MR) is 177 cm³/mol. The van der Waals surface area contributed by atoms with Crippen LogP contribution in [0.1, 0.15) is 0 Å². The molecular weight excluding hydrogens is 750 g/mol. The molecule has 1 nitrogen and oxygen atoms in total. The topological polar surface area (TPSA) is 17.1 Å². The van der Waals surface area contributed by atoms with Crippen molar-refractivity contribution in [3.05, 3.63) is 182 Å². The Balaban J connectivity index is 0.000000265. The maximum Gasteiger partial charge on any atom is 0.106 e. The summed E-state index contributed by atoms with van der Waals surface area (Å²) in [5.41, 5.74) is 0. The van der Waals surface area contributed by atoms with Crippen LogP contribution in [0, 0.1) is 0 Å². The van der Waals surface area contributed by atoms with Crippen LogP contribution in [0.3, 0.4) is 0 Å². The molecule has 6 rings (SSSR count). The van der Waals surface area contributed by atoms with Gasteiger partial charge in [-0.2, -0.15) is 0 Å². The van der Waals surface area contributed by atoms with Gasteiger partial charge in [0, 0.05) is 20.1 Å². The van der Waals surface area contributed by atoms with E-state index in [1.807, 2.05) is 6.79 Å². The van der Waals surface area contributed by atoms with Gasteiger partial charge in [0.05, 0.1) is 0 Å². The first-order valence-electron chi connectivity index (χ1n) is 13.1. The molecule has 0 aliphatic heterocycles. The SMILES string of the molecule is C=O.[Cl-].[Ir].c1ccc(P(c2ccccc2)c2ccccc2)cc1.c1ccc(P(c2ccccc2)c2ccccc2)cc1. The second-order valence-corrected chi connectivity index (χ2v) is 13.1. The number of carbonyl (C=O) groups excluding carboxylic acids is 1. The first kappa shape index (κ1) is 35.0. The van der Waals surface area contributed by atoms with Gasteiger partial charge in [-0.1, -0.05) is 182 Å². The molecule has 6 aromatic rings. The molecule has 0 aromatic heterocycles. The predicted octanol–water partition coefficient (Wildman–Crippen LogP) is 3.71. The van der Waals surface area contributed by atoms with Crippen LogP contribution in [0.15, 0.2) is 182 Å². The van der Waals surface area contributed by atoms with Crippen LogP contribution in [-0.2, 0) is 24.9 Å². The molecule has 1 radical (unpaired) electrons. The first-order chi connectivity index (χ1) is 19.9. The van der Waals surface area contributed by atoms with Crippen LogP contribution in [0.5, 0.6) is 0 Å². The fourth-order valence-corrected chi connectivity index (χ4v) is 8.97. The van der Waals surface area contributed by atoms with Gasteiger partial charge in [-0.05, 0) is 47.7 Å². The molecule has 5 heteroatoms. The van der Waals surface area contributed by atoms with Crippen molar-refractivity contribution in [1.29, 1.82) is 0 Å². The van der Waals surface area contributed by atoms with Gasteiger partial charge in [-0.25, -0.2) is 0 Å². The van der Waals surface area contributed by atoms with Crippen molar-refractivity contribution >= 4 is 54.5 Å². The van der Waals surface area contributed by atoms with Crippen molar-refractivity contribution < 1.29 is 37.3 Å². The minimum atomic E-state index is -0.446. The molecule has 0 bridgehead atoms. The number of carbonyl (C=O) groups is 1. The standard InChI is InChI=1S/2C18H15P.CH2O.ClH.Ir/c2*1-4-10-16(11-5-1)19(17-12-6-2-7-13-17)18-14-8-3-9-15-18;1-2;;/h2*1-15H;1H2;1H;/p-1. The van der Waals surface area contributed by atoms with Crippen LogP contribution in [-0.4, -0.2) is 6.79 Å². The minimum Gasteiger partial charge on any atom is -1.00 e. The number of hydrogen-bond donors (Lipinski definition) is 0. The van der Waals surface area contributed by atoms with Crippen molar-refractivity contribution in [2.75, 3.05) is 0 Å². The zero-order valence-corrected chi connectivity index (χ0v) is 28.0. The molecule has 0 amide bonds. The van der Waals surface area contributed by atoms with Crippen molar-refractivity contribution in [3.8, 4) is 0 Å². The average molecular weight is 782 g/mol. The Morgan fingerprint density at radius 1 is 0.286 bits per heavy atom. The van der Waals surface area contributed by atoms with Crippen molar-refractivity contribution in [1.82, 2.24) is 0 Å². The van der Waals surface area contributed by atoms with Gasteiger partial charge in [0.2, 0.25) is 0 Å². The Kier molecular flexibility index (Phi) is 16.5. The van der Waals surface area contributed by atoms with Crippen LogP contribution in [0.2, 0.25) is 0 Å².